The van der Waals surface area contributed by atoms with Gasteiger partial charge in [-0.3, -0.25) is 14.4 Å². The third-order valence-corrected chi connectivity index (χ3v) is 8.80. The normalized spacial score (nSPS) is 24.9. The van der Waals surface area contributed by atoms with E-state index >= 15 is 0 Å². The van der Waals surface area contributed by atoms with E-state index in [9.17, 15) is 14.4 Å². The van der Waals surface area contributed by atoms with Gasteiger partial charge in [0.25, 0.3) is 0 Å². The Hall–Kier alpha value is -4.29. The number of nitrogens with zero attached hydrogens (tertiary/aromatic N) is 1. The lowest BCUT2D eigenvalue weighted by atomic mass is 9.64. The number of fused-ring (bicyclic) bond motifs is 6. The first-order chi connectivity index (χ1) is 18.1. The highest BCUT2D eigenvalue weighted by atomic mass is 32.1. The van der Waals surface area contributed by atoms with E-state index in [1.165, 1.54) is 11.3 Å². The molecule has 4 heterocycles. The van der Waals surface area contributed by atoms with Crippen molar-refractivity contribution in [1.82, 2.24) is 0 Å². The van der Waals surface area contributed by atoms with E-state index in [2.05, 4.69) is 5.32 Å². The zero-order chi connectivity index (χ0) is 25.1. The lowest BCUT2D eigenvalue weighted by molar-refractivity contribution is -0.121. The molecule has 0 aliphatic carbocycles. The quantitative estimate of drug-likeness (QED) is 0.369. The largest absolute Gasteiger partial charge is 0.352 e. The molecule has 3 aliphatic rings. The second-order valence-corrected chi connectivity index (χ2v) is 10.6. The number of ketones is 2. The molecule has 7 rings (SSSR count). The van der Waals surface area contributed by atoms with Gasteiger partial charge in [0.15, 0.2) is 11.6 Å². The minimum atomic E-state index is -1.27. The lowest BCUT2D eigenvalue weighted by Gasteiger charge is -2.37. The molecule has 4 aromatic rings. The third kappa shape index (κ3) is 2.93. The molecule has 1 saturated heterocycles. The van der Waals surface area contributed by atoms with Crippen LogP contribution in [0.1, 0.15) is 31.2 Å². The Labute approximate surface area is 218 Å². The first-order valence-electron chi connectivity index (χ1n) is 12.3. The van der Waals surface area contributed by atoms with Gasteiger partial charge in [-0.05, 0) is 34.7 Å². The molecular weight excluding hydrogens is 480 g/mol. The highest BCUT2D eigenvalue weighted by Crippen LogP contribution is 2.58. The van der Waals surface area contributed by atoms with Crippen LogP contribution >= 0.6 is 11.3 Å². The van der Waals surface area contributed by atoms with Gasteiger partial charge in [0, 0.05) is 16.9 Å². The first-order valence-corrected chi connectivity index (χ1v) is 13.1. The van der Waals surface area contributed by atoms with Crippen LogP contribution < -0.4 is 10.2 Å². The van der Waals surface area contributed by atoms with Crippen molar-refractivity contribution in [3.8, 4) is 0 Å². The van der Waals surface area contributed by atoms with Crippen molar-refractivity contribution in [3.63, 3.8) is 0 Å². The predicted molar refractivity (Wildman–Crippen MR) is 145 cm³/mol. The summed E-state index contributed by atoms with van der Waals surface area (Å²) in [6.45, 7) is 0. The van der Waals surface area contributed by atoms with Crippen LogP contribution in [0.5, 0.6) is 0 Å². The smallest absolute Gasteiger partial charge is 0.238 e. The van der Waals surface area contributed by atoms with Crippen molar-refractivity contribution in [2.45, 2.75) is 17.5 Å². The summed E-state index contributed by atoms with van der Waals surface area (Å²) in [5.74, 6) is -1.52. The third-order valence-electron chi connectivity index (χ3n) is 7.92. The van der Waals surface area contributed by atoms with Crippen molar-refractivity contribution < 1.29 is 14.4 Å². The Balaban J connectivity index is 1.55. The number of carbonyl (C=O) groups excluding carboxylic acids is 3. The summed E-state index contributed by atoms with van der Waals surface area (Å²) in [6, 6.07) is 26.7. The molecule has 1 spiro atoms. The number of para-hydroxylation sites is 2. The summed E-state index contributed by atoms with van der Waals surface area (Å²) in [7, 11) is 0. The minimum absolute atomic E-state index is 0.167. The zero-order valence-corrected chi connectivity index (χ0v) is 20.5. The topological polar surface area (TPSA) is 66.5 Å². The maximum atomic E-state index is 14.5. The second kappa shape index (κ2) is 8.11. The Morgan fingerprint density at radius 3 is 2.41 bits per heavy atom. The number of hydrogen-bond donors (Lipinski definition) is 1. The van der Waals surface area contributed by atoms with Gasteiger partial charge >= 0.3 is 0 Å². The van der Waals surface area contributed by atoms with E-state index < -0.39 is 23.4 Å². The summed E-state index contributed by atoms with van der Waals surface area (Å²) in [5, 5.41) is 4.91. The molecule has 1 N–H and O–H groups in total. The monoisotopic (exact) mass is 502 g/mol. The average molecular weight is 503 g/mol. The minimum Gasteiger partial charge on any atom is -0.352 e. The van der Waals surface area contributed by atoms with Crippen LogP contribution in [0.4, 0.5) is 11.4 Å². The molecule has 0 radical (unpaired) electrons. The number of anilines is 2. The second-order valence-electron chi connectivity index (χ2n) is 9.63. The van der Waals surface area contributed by atoms with Gasteiger partial charge in [0.2, 0.25) is 5.91 Å². The molecule has 0 saturated carbocycles. The van der Waals surface area contributed by atoms with E-state index in [0.717, 1.165) is 16.8 Å². The number of hydrogen-bond acceptors (Lipinski definition) is 5. The van der Waals surface area contributed by atoms with Crippen LogP contribution in [0.2, 0.25) is 0 Å². The molecule has 1 amide bonds. The fourth-order valence-corrected chi connectivity index (χ4v) is 7.17. The van der Waals surface area contributed by atoms with Crippen molar-refractivity contribution in [2.75, 3.05) is 10.2 Å². The van der Waals surface area contributed by atoms with E-state index in [1.54, 1.807) is 18.2 Å². The van der Waals surface area contributed by atoms with Gasteiger partial charge in [0.05, 0.1) is 16.8 Å². The summed E-state index contributed by atoms with van der Waals surface area (Å²) < 4.78 is 0. The van der Waals surface area contributed by atoms with Crippen molar-refractivity contribution in [3.05, 3.63) is 124 Å². The molecule has 6 heteroatoms. The van der Waals surface area contributed by atoms with Gasteiger partial charge in [-0.2, -0.15) is 0 Å². The SMILES string of the molecule is O=C(c1cccs1)[C@@H]1[C@H](C(=O)c2ccccc2)N2c3ccccc3C=C[C@@H]2[C@@]12C(=O)Nc1ccccc12. The molecule has 0 bridgehead atoms. The maximum Gasteiger partial charge on any atom is 0.238 e. The molecule has 4 atom stereocenters. The summed E-state index contributed by atoms with van der Waals surface area (Å²) in [6.07, 6.45) is 4.01. The summed E-state index contributed by atoms with van der Waals surface area (Å²) in [4.78, 5) is 45.6. The maximum absolute atomic E-state index is 14.5. The van der Waals surface area contributed by atoms with E-state index in [0.29, 0.717) is 16.1 Å². The van der Waals surface area contributed by atoms with Gasteiger partial charge < -0.3 is 10.2 Å². The van der Waals surface area contributed by atoms with E-state index in [4.69, 9.17) is 0 Å². The Kier molecular flexibility index (Phi) is 4.81. The number of thiophene rings is 1. The standard InChI is InChI=1S/C31H22N2O3S/c34-28(20-10-2-1-3-11-20)27-26(29(35)24-15-8-18-37-24)31(21-12-5-6-13-22(21)32-30(31)36)25-17-16-19-9-4-7-14-23(19)33(25)27/h1-18,25-27H,(H,32,36)/t25-,26+,27-,31-/m1/s1. The number of Topliss-reactive ketones (excluding diaryl/α,β-unsaturated/α-hetero) is 2. The highest BCUT2D eigenvalue weighted by Gasteiger charge is 2.70. The number of benzene rings is 3. The van der Waals surface area contributed by atoms with Crippen molar-refractivity contribution in [2.24, 2.45) is 5.92 Å². The predicted octanol–water partition coefficient (Wildman–Crippen LogP) is 5.60. The molecule has 3 aliphatic heterocycles. The van der Waals surface area contributed by atoms with Crippen LogP contribution in [0, 0.1) is 5.92 Å². The molecular formula is C31H22N2O3S. The van der Waals surface area contributed by atoms with E-state index in [-0.39, 0.29) is 17.5 Å². The first kappa shape index (κ1) is 21.9. The number of rotatable bonds is 4. The Bertz CT molecular complexity index is 1590. The van der Waals surface area contributed by atoms with Crippen LogP contribution in [-0.2, 0) is 10.2 Å². The van der Waals surface area contributed by atoms with Crippen molar-refractivity contribution in [1.29, 1.82) is 0 Å². The highest BCUT2D eigenvalue weighted by molar-refractivity contribution is 7.12. The average Bonchev–Trinajstić information content (AvgIpc) is 3.65. The Morgan fingerprint density at radius 1 is 0.838 bits per heavy atom. The lowest BCUT2D eigenvalue weighted by Crippen LogP contribution is -2.51. The number of amides is 1. The van der Waals surface area contributed by atoms with Crippen LogP contribution in [0.15, 0.2) is 102 Å². The molecule has 3 aromatic carbocycles. The van der Waals surface area contributed by atoms with Gasteiger partial charge in [-0.25, -0.2) is 0 Å². The molecule has 1 fully saturated rings. The number of nitrogens with one attached hydrogen (secondary N) is 1. The van der Waals surface area contributed by atoms with Crippen LogP contribution in [0.25, 0.3) is 6.08 Å². The van der Waals surface area contributed by atoms with Gasteiger partial charge in [-0.15, -0.1) is 11.3 Å². The summed E-state index contributed by atoms with van der Waals surface area (Å²) >= 11 is 1.34. The summed E-state index contributed by atoms with van der Waals surface area (Å²) in [5.41, 5.74) is 2.51. The molecule has 5 nitrogen and oxygen atoms in total. The molecule has 37 heavy (non-hydrogen) atoms. The molecule has 1 aromatic heterocycles. The molecule has 180 valence electrons. The fraction of sp³-hybridized carbons (Fsp3) is 0.129. The molecule has 0 unspecified atom stereocenters. The zero-order valence-electron chi connectivity index (χ0n) is 19.7. The van der Waals surface area contributed by atoms with Crippen molar-refractivity contribution >= 4 is 46.3 Å². The van der Waals surface area contributed by atoms with Crippen LogP contribution in [0.3, 0.4) is 0 Å². The Morgan fingerprint density at radius 2 is 1.59 bits per heavy atom. The van der Waals surface area contributed by atoms with E-state index in [1.807, 2.05) is 95.2 Å². The fourth-order valence-electron chi connectivity index (χ4n) is 6.46. The van der Waals surface area contributed by atoms with Crippen LogP contribution in [-0.4, -0.2) is 29.6 Å². The van der Waals surface area contributed by atoms with Gasteiger partial charge in [0.1, 0.15) is 11.5 Å². The number of carbonyl (C=O) groups is 3. The van der Waals surface area contributed by atoms with Gasteiger partial charge in [-0.1, -0.05) is 84.9 Å².